The van der Waals surface area contributed by atoms with E-state index in [0.29, 0.717) is 13.1 Å². The normalized spacial score (nSPS) is 26.3. The molecule has 1 saturated heterocycles. The predicted molar refractivity (Wildman–Crippen MR) is 46.1 cm³/mol. The molecule has 1 radical (unpaired) electrons. The van der Waals surface area contributed by atoms with Crippen LogP contribution in [0.5, 0.6) is 0 Å². The second-order valence-electron chi connectivity index (χ2n) is 2.73. The van der Waals surface area contributed by atoms with Crippen molar-refractivity contribution in [2.45, 2.75) is 13.0 Å². The van der Waals surface area contributed by atoms with Gasteiger partial charge in [0.25, 0.3) is 0 Å². The van der Waals surface area contributed by atoms with E-state index < -0.39 is 10.0 Å². The van der Waals surface area contributed by atoms with E-state index in [4.69, 9.17) is 4.74 Å². The fourth-order valence-corrected chi connectivity index (χ4v) is 2.22. The average Bonchev–Trinajstić information content (AvgIpc) is 2.52. The summed E-state index contributed by atoms with van der Waals surface area (Å²) in [6.45, 7) is 2.59. The monoisotopic (exact) mass is 192 g/mol. The standard InChI is InChI=1S/C7H14NO3S/c1-3-12(9,10)8-5-4-7(6-8)11-2/h4,7H,3,5-6H2,1-2H3/t7-/m1/s1. The maximum atomic E-state index is 11.3. The molecule has 0 amide bonds. The highest BCUT2D eigenvalue weighted by Crippen LogP contribution is 2.14. The first-order chi connectivity index (χ1) is 5.60. The van der Waals surface area contributed by atoms with Crippen LogP contribution in [0.4, 0.5) is 0 Å². The topological polar surface area (TPSA) is 46.6 Å². The van der Waals surface area contributed by atoms with Crippen molar-refractivity contribution in [3.05, 3.63) is 6.42 Å². The smallest absolute Gasteiger partial charge is 0.213 e. The largest absolute Gasteiger partial charge is 0.380 e. The molecule has 0 aromatic heterocycles. The van der Waals surface area contributed by atoms with Crippen LogP contribution >= 0.6 is 0 Å². The summed E-state index contributed by atoms with van der Waals surface area (Å²) in [4.78, 5) is 0. The zero-order valence-electron chi connectivity index (χ0n) is 7.36. The molecule has 1 rings (SSSR count). The molecule has 0 unspecified atom stereocenters. The van der Waals surface area contributed by atoms with E-state index in [1.165, 1.54) is 4.31 Å². The van der Waals surface area contributed by atoms with Gasteiger partial charge in [0.15, 0.2) is 0 Å². The first-order valence-electron chi connectivity index (χ1n) is 3.94. The molecule has 1 aliphatic heterocycles. The lowest BCUT2D eigenvalue weighted by Gasteiger charge is -2.14. The van der Waals surface area contributed by atoms with Crippen LogP contribution in [0.15, 0.2) is 0 Å². The number of rotatable bonds is 3. The Bertz CT molecular complexity index is 237. The summed E-state index contributed by atoms with van der Waals surface area (Å²) in [7, 11) is -1.43. The zero-order valence-corrected chi connectivity index (χ0v) is 8.17. The quantitative estimate of drug-likeness (QED) is 0.626. The summed E-state index contributed by atoms with van der Waals surface area (Å²) in [6.07, 6.45) is 1.83. The summed E-state index contributed by atoms with van der Waals surface area (Å²) >= 11 is 0. The van der Waals surface area contributed by atoms with E-state index in [-0.39, 0.29) is 11.9 Å². The molecule has 1 heterocycles. The molecular formula is C7H14NO3S. The molecule has 71 valence electrons. The van der Waals surface area contributed by atoms with Gasteiger partial charge in [0, 0.05) is 26.6 Å². The van der Waals surface area contributed by atoms with Gasteiger partial charge in [-0.3, -0.25) is 0 Å². The minimum absolute atomic E-state index is 0.0358. The van der Waals surface area contributed by atoms with Gasteiger partial charge in [0.1, 0.15) is 0 Å². The summed E-state index contributed by atoms with van der Waals surface area (Å²) < 4.78 is 29.1. The highest BCUT2D eigenvalue weighted by Gasteiger charge is 2.29. The molecular weight excluding hydrogens is 178 g/mol. The van der Waals surface area contributed by atoms with Crippen LogP contribution in [0, 0.1) is 6.42 Å². The molecule has 0 N–H and O–H groups in total. The molecule has 0 spiro atoms. The Balaban J connectivity index is 2.58. The van der Waals surface area contributed by atoms with E-state index in [1.807, 2.05) is 6.42 Å². The molecule has 1 aliphatic rings. The van der Waals surface area contributed by atoms with Crippen molar-refractivity contribution >= 4 is 10.0 Å². The van der Waals surface area contributed by atoms with E-state index >= 15 is 0 Å². The molecule has 0 aliphatic carbocycles. The van der Waals surface area contributed by atoms with Gasteiger partial charge >= 0.3 is 0 Å². The summed E-state index contributed by atoms with van der Waals surface area (Å²) in [6, 6.07) is 0. The number of sulfonamides is 1. The van der Waals surface area contributed by atoms with Crippen molar-refractivity contribution in [2.75, 3.05) is 26.0 Å². The van der Waals surface area contributed by atoms with Gasteiger partial charge in [0.2, 0.25) is 10.0 Å². The third-order valence-electron chi connectivity index (χ3n) is 2.02. The van der Waals surface area contributed by atoms with Gasteiger partial charge in [-0.05, 0) is 6.92 Å². The van der Waals surface area contributed by atoms with Gasteiger partial charge in [-0.25, -0.2) is 8.42 Å². The van der Waals surface area contributed by atoms with Crippen LogP contribution in [0.1, 0.15) is 6.92 Å². The fraction of sp³-hybridized carbons (Fsp3) is 0.857. The Labute approximate surface area is 73.6 Å². The van der Waals surface area contributed by atoms with Gasteiger partial charge < -0.3 is 4.74 Å². The lowest BCUT2D eigenvalue weighted by Crippen LogP contribution is -2.31. The number of methoxy groups -OCH3 is 1. The maximum Gasteiger partial charge on any atom is 0.213 e. The second-order valence-corrected chi connectivity index (χ2v) is 4.98. The molecule has 0 bridgehead atoms. The first-order valence-corrected chi connectivity index (χ1v) is 5.55. The molecule has 1 atom stereocenters. The number of hydrogen-bond acceptors (Lipinski definition) is 3. The van der Waals surface area contributed by atoms with Gasteiger partial charge in [0.05, 0.1) is 11.9 Å². The summed E-state index contributed by atoms with van der Waals surface area (Å²) in [5.41, 5.74) is 0. The van der Waals surface area contributed by atoms with Crippen molar-refractivity contribution in [1.82, 2.24) is 4.31 Å². The van der Waals surface area contributed by atoms with Crippen LogP contribution in [0.2, 0.25) is 0 Å². The lowest BCUT2D eigenvalue weighted by atomic mass is 10.3. The Hall–Kier alpha value is -0.130. The maximum absolute atomic E-state index is 11.3. The number of hydrogen-bond donors (Lipinski definition) is 0. The Morgan fingerprint density at radius 2 is 2.33 bits per heavy atom. The SMILES string of the molecule is CCS(=O)(=O)N1C[CH][C@@H](OC)C1. The van der Waals surface area contributed by atoms with Crippen LogP contribution in [0.25, 0.3) is 0 Å². The van der Waals surface area contributed by atoms with Crippen LogP contribution in [-0.4, -0.2) is 44.8 Å². The first kappa shape index (κ1) is 9.95. The van der Waals surface area contributed by atoms with Gasteiger partial charge in [-0.2, -0.15) is 4.31 Å². The minimum Gasteiger partial charge on any atom is -0.380 e. The van der Waals surface area contributed by atoms with E-state index in [9.17, 15) is 8.42 Å². The average molecular weight is 192 g/mol. The third-order valence-corrected chi connectivity index (χ3v) is 3.83. The van der Waals surface area contributed by atoms with Crippen molar-refractivity contribution < 1.29 is 13.2 Å². The highest BCUT2D eigenvalue weighted by molar-refractivity contribution is 7.89. The highest BCUT2D eigenvalue weighted by atomic mass is 32.2. The molecule has 4 nitrogen and oxygen atoms in total. The number of nitrogens with zero attached hydrogens (tertiary/aromatic N) is 1. The number of ether oxygens (including phenoxy) is 1. The zero-order chi connectivity index (χ0) is 9.19. The fourth-order valence-electron chi connectivity index (χ4n) is 1.17. The molecule has 0 aromatic carbocycles. The predicted octanol–water partition coefficient (Wildman–Crippen LogP) is -0.129. The summed E-state index contributed by atoms with van der Waals surface area (Å²) in [5.74, 6) is 0.164. The summed E-state index contributed by atoms with van der Waals surface area (Å²) in [5, 5.41) is 0. The van der Waals surface area contributed by atoms with Crippen LogP contribution in [-0.2, 0) is 14.8 Å². The minimum atomic E-state index is -3.02. The second kappa shape index (κ2) is 3.72. The van der Waals surface area contributed by atoms with Crippen molar-refractivity contribution in [3.8, 4) is 0 Å². The molecule has 5 heteroatoms. The van der Waals surface area contributed by atoms with E-state index in [1.54, 1.807) is 14.0 Å². The third kappa shape index (κ3) is 1.97. The van der Waals surface area contributed by atoms with Gasteiger partial charge in [-0.15, -0.1) is 0 Å². The van der Waals surface area contributed by atoms with Crippen molar-refractivity contribution in [1.29, 1.82) is 0 Å². The molecule has 0 saturated carbocycles. The lowest BCUT2D eigenvalue weighted by molar-refractivity contribution is 0.136. The van der Waals surface area contributed by atoms with Gasteiger partial charge in [-0.1, -0.05) is 0 Å². The van der Waals surface area contributed by atoms with E-state index in [2.05, 4.69) is 0 Å². The van der Waals surface area contributed by atoms with Crippen molar-refractivity contribution in [2.24, 2.45) is 0 Å². The van der Waals surface area contributed by atoms with Crippen molar-refractivity contribution in [3.63, 3.8) is 0 Å². The Morgan fingerprint density at radius 1 is 1.67 bits per heavy atom. The van der Waals surface area contributed by atoms with Crippen LogP contribution < -0.4 is 0 Å². The molecule has 0 aromatic rings. The van der Waals surface area contributed by atoms with Crippen LogP contribution in [0.3, 0.4) is 0 Å². The van der Waals surface area contributed by atoms with E-state index in [0.717, 1.165) is 0 Å². The Kier molecular flexibility index (Phi) is 3.09. The molecule has 1 fully saturated rings. The molecule has 12 heavy (non-hydrogen) atoms. The Morgan fingerprint density at radius 3 is 2.75 bits per heavy atom.